The van der Waals surface area contributed by atoms with Crippen molar-refractivity contribution in [3.05, 3.63) is 34.9 Å². The zero-order chi connectivity index (χ0) is 15.0. The predicted molar refractivity (Wildman–Crippen MR) is 89.3 cm³/mol. The van der Waals surface area contributed by atoms with E-state index >= 15 is 0 Å². The van der Waals surface area contributed by atoms with Gasteiger partial charge in [-0.25, -0.2) is 0 Å². The molecule has 20 heavy (non-hydrogen) atoms. The van der Waals surface area contributed by atoms with Crippen LogP contribution in [0, 0.1) is 17.8 Å². The topological polar surface area (TPSA) is 0 Å². The standard InChI is InChI=1S/C20H32/c1-15-7-8-17(13-18(15)14-19(2,3)4)16-9-11-20(5,6)12-10-16/h7-8,13,16H,9-12,14H2,1-6H3. The van der Waals surface area contributed by atoms with Gasteiger partial charge < -0.3 is 0 Å². The van der Waals surface area contributed by atoms with Gasteiger partial charge in [0, 0.05) is 0 Å². The molecule has 0 bridgehead atoms. The molecule has 0 spiro atoms. The molecule has 1 aliphatic carbocycles. The molecule has 0 saturated heterocycles. The lowest BCUT2D eigenvalue weighted by Gasteiger charge is -2.35. The zero-order valence-corrected chi connectivity index (χ0v) is 14.3. The monoisotopic (exact) mass is 272 g/mol. The lowest BCUT2D eigenvalue weighted by atomic mass is 9.71. The molecule has 1 fully saturated rings. The Labute approximate surface area is 126 Å². The summed E-state index contributed by atoms with van der Waals surface area (Å²) in [5, 5.41) is 0. The average Bonchev–Trinajstić information content (AvgIpc) is 2.30. The summed E-state index contributed by atoms with van der Waals surface area (Å²) in [4.78, 5) is 0. The van der Waals surface area contributed by atoms with E-state index in [1.165, 1.54) is 37.7 Å². The summed E-state index contributed by atoms with van der Waals surface area (Å²) >= 11 is 0. The smallest absolute Gasteiger partial charge is 0.0161 e. The first-order chi connectivity index (χ1) is 9.16. The molecule has 0 unspecified atom stereocenters. The van der Waals surface area contributed by atoms with E-state index in [0.29, 0.717) is 10.8 Å². The van der Waals surface area contributed by atoms with E-state index in [1.807, 2.05) is 0 Å². The third-order valence-electron chi connectivity index (χ3n) is 4.90. The van der Waals surface area contributed by atoms with Gasteiger partial charge >= 0.3 is 0 Å². The Bertz CT molecular complexity index is 449. The third kappa shape index (κ3) is 4.11. The Morgan fingerprint density at radius 3 is 2.25 bits per heavy atom. The Morgan fingerprint density at radius 2 is 1.70 bits per heavy atom. The second kappa shape index (κ2) is 5.54. The molecular weight excluding hydrogens is 240 g/mol. The molecule has 0 nitrogen and oxygen atoms in total. The van der Waals surface area contributed by atoms with Gasteiger partial charge in [0.2, 0.25) is 0 Å². The van der Waals surface area contributed by atoms with Crippen molar-refractivity contribution in [2.24, 2.45) is 10.8 Å². The number of aryl methyl sites for hydroxylation is 1. The van der Waals surface area contributed by atoms with E-state index in [9.17, 15) is 0 Å². The maximum absolute atomic E-state index is 2.50. The van der Waals surface area contributed by atoms with Crippen LogP contribution in [0.25, 0.3) is 0 Å². The van der Waals surface area contributed by atoms with Crippen LogP contribution in [0.15, 0.2) is 18.2 Å². The Kier molecular flexibility index (Phi) is 4.33. The van der Waals surface area contributed by atoms with Crippen LogP contribution < -0.4 is 0 Å². The number of benzene rings is 1. The molecule has 0 radical (unpaired) electrons. The van der Waals surface area contributed by atoms with Gasteiger partial charge in [0.1, 0.15) is 0 Å². The Hall–Kier alpha value is -0.780. The van der Waals surface area contributed by atoms with Crippen molar-refractivity contribution in [3.8, 4) is 0 Å². The fourth-order valence-corrected chi connectivity index (χ4v) is 3.44. The Balaban J connectivity index is 2.15. The summed E-state index contributed by atoms with van der Waals surface area (Å²) in [5.41, 5.74) is 5.54. The molecule has 0 amide bonds. The average molecular weight is 272 g/mol. The van der Waals surface area contributed by atoms with Crippen LogP contribution in [0.1, 0.15) is 82.9 Å². The van der Waals surface area contributed by atoms with E-state index in [4.69, 9.17) is 0 Å². The van der Waals surface area contributed by atoms with Crippen LogP contribution in [-0.2, 0) is 6.42 Å². The second-order valence-electron chi connectivity index (χ2n) is 8.86. The molecule has 0 heteroatoms. The van der Waals surface area contributed by atoms with Gasteiger partial charge in [0.15, 0.2) is 0 Å². The molecule has 1 aliphatic rings. The zero-order valence-electron chi connectivity index (χ0n) is 14.3. The molecule has 1 saturated carbocycles. The van der Waals surface area contributed by atoms with Crippen LogP contribution in [0.5, 0.6) is 0 Å². The van der Waals surface area contributed by atoms with E-state index in [2.05, 4.69) is 59.7 Å². The second-order valence-corrected chi connectivity index (χ2v) is 8.86. The molecule has 0 heterocycles. The normalized spacial score (nSPS) is 20.1. The van der Waals surface area contributed by atoms with Crippen molar-refractivity contribution in [2.45, 2.75) is 79.6 Å². The molecule has 0 aliphatic heterocycles. The first-order valence-electron chi connectivity index (χ1n) is 8.26. The highest BCUT2D eigenvalue weighted by Crippen LogP contribution is 2.42. The molecule has 112 valence electrons. The highest BCUT2D eigenvalue weighted by Gasteiger charge is 2.27. The number of rotatable bonds is 2. The maximum Gasteiger partial charge on any atom is -0.0161 e. The minimum atomic E-state index is 0.373. The highest BCUT2D eigenvalue weighted by atomic mass is 14.3. The van der Waals surface area contributed by atoms with Crippen molar-refractivity contribution in [3.63, 3.8) is 0 Å². The Morgan fingerprint density at radius 1 is 1.10 bits per heavy atom. The molecule has 0 N–H and O–H groups in total. The summed E-state index contributed by atoms with van der Waals surface area (Å²) in [6.45, 7) is 14.1. The van der Waals surface area contributed by atoms with Gasteiger partial charge in [-0.1, -0.05) is 52.8 Å². The fraction of sp³-hybridized carbons (Fsp3) is 0.700. The number of hydrogen-bond acceptors (Lipinski definition) is 0. The maximum atomic E-state index is 2.50. The molecular formula is C20H32. The van der Waals surface area contributed by atoms with Crippen molar-refractivity contribution in [1.82, 2.24) is 0 Å². The first kappa shape index (κ1) is 15.6. The van der Waals surface area contributed by atoms with Crippen molar-refractivity contribution >= 4 is 0 Å². The van der Waals surface area contributed by atoms with E-state index < -0.39 is 0 Å². The molecule has 0 atom stereocenters. The van der Waals surface area contributed by atoms with Crippen LogP contribution in [0.2, 0.25) is 0 Å². The lowest BCUT2D eigenvalue weighted by molar-refractivity contribution is 0.224. The van der Waals surface area contributed by atoms with E-state index in [-0.39, 0.29) is 0 Å². The summed E-state index contributed by atoms with van der Waals surface area (Å²) < 4.78 is 0. The largest absolute Gasteiger partial charge is 0.0599 e. The quantitative estimate of drug-likeness (QED) is 0.595. The van der Waals surface area contributed by atoms with Gasteiger partial charge in [-0.15, -0.1) is 0 Å². The molecule has 1 aromatic rings. The third-order valence-corrected chi connectivity index (χ3v) is 4.90. The summed E-state index contributed by atoms with van der Waals surface area (Å²) in [5.74, 6) is 0.794. The van der Waals surface area contributed by atoms with E-state index in [1.54, 1.807) is 11.1 Å². The fourth-order valence-electron chi connectivity index (χ4n) is 3.44. The lowest BCUT2D eigenvalue weighted by Crippen LogP contribution is -2.20. The van der Waals surface area contributed by atoms with E-state index in [0.717, 1.165) is 5.92 Å². The highest BCUT2D eigenvalue weighted by molar-refractivity contribution is 5.34. The van der Waals surface area contributed by atoms with Crippen LogP contribution >= 0.6 is 0 Å². The van der Waals surface area contributed by atoms with Gasteiger partial charge in [0.05, 0.1) is 0 Å². The van der Waals surface area contributed by atoms with Crippen molar-refractivity contribution in [1.29, 1.82) is 0 Å². The van der Waals surface area contributed by atoms with Gasteiger partial charge in [-0.2, -0.15) is 0 Å². The molecule has 2 rings (SSSR count). The van der Waals surface area contributed by atoms with Crippen molar-refractivity contribution < 1.29 is 0 Å². The number of hydrogen-bond donors (Lipinski definition) is 0. The minimum absolute atomic E-state index is 0.373. The summed E-state index contributed by atoms with van der Waals surface area (Å²) in [7, 11) is 0. The summed E-state index contributed by atoms with van der Waals surface area (Å²) in [6.07, 6.45) is 6.67. The summed E-state index contributed by atoms with van der Waals surface area (Å²) in [6, 6.07) is 7.23. The van der Waals surface area contributed by atoms with Gasteiger partial charge in [0.25, 0.3) is 0 Å². The minimum Gasteiger partial charge on any atom is -0.0599 e. The molecule has 0 aromatic heterocycles. The van der Waals surface area contributed by atoms with Gasteiger partial charge in [-0.05, 0) is 72.5 Å². The van der Waals surface area contributed by atoms with Crippen LogP contribution in [0.3, 0.4) is 0 Å². The predicted octanol–water partition coefficient (Wildman–Crippen LogP) is 6.27. The first-order valence-corrected chi connectivity index (χ1v) is 8.26. The van der Waals surface area contributed by atoms with Gasteiger partial charge in [-0.3, -0.25) is 0 Å². The van der Waals surface area contributed by atoms with Crippen LogP contribution in [0.4, 0.5) is 0 Å². The SMILES string of the molecule is Cc1ccc(C2CCC(C)(C)CC2)cc1CC(C)(C)C. The molecule has 1 aromatic carbocycles. The van der Waals surface area contributed by atoms with Crippen LogP contribution in [-0.4, -0.2) is 0 Å². The van der Waals surface area contributed by atoms with Crippen molar-refractivity contribution in [2.75, 3.05) is 0 Å².